The van der Waals surface area contributed by atoms with E-state index in [4.69, 9.17) is 16.5 Å². The Labute approximate surface area is 124 Å². The molecule has 5 N–H and O–H groups in total. The molecule has 0 aromatic carbocycles. The number of hydrogen-bond acceptors (Lipinski definition) is 5. The van der Waals surface area contributed by atoms with Crippen LogP contribution < -0.4 is 16.8 Å². The van der Waals surface area contributed by atoms with Gasteiger partial charge in [-0.1, -0.05) is 6.92 Å². The lowest BCUT2D eigenvalue weighted by atomic mass is 9.85. The zero-order chi connectivity index (χ0) is 14.8. The van der Waals surface area contributed by atoms with Crippen LogP contribution in [0.3, 0.4) is 0 Å². The van der Waals surface area contributed by atoms with Crippen molar-refractivity contribution in [2.45, 2.75) is 51.0 Å². The van der Waals surface area contributed by atoms with Gasteiger partial charge in [-0.2, -0.15) is 0 Å². The predicted octanol–water partition coefficient (Wildman–Crippen LogP) is 2.12. The fourth-order valence-corrected chi connectivity index (χ4v) is 3.02. The average molecular weight is 288 g/mol. The van der Waals surface area contributed by atoms with Gasteiger partial charge in [0.25, 0.3) is 0 Å². The third-order valence-electron chi connectivity index (χ3n) is 4.22. The molecule has 3 rings (SSSR count). The standard InChI is InChI=1S/C15H24N6/c1-2-7-18-12-8-14(17)20-21-9-13(19-15(12)21)10-3-5-11(16)6-4-10/h8-11,18H,2-7,16H2,1H3,(H2,17,20). The molecule has 1 aliphatic carbocycles. The number of hydrogen-bond donors (Lipinski definition) is 3. The molecule has 114 valence electrons. The molecular weight excluding hydrogens is 264 g/mol. The molecule has 21 heavy (non-hydrogen) atoms. The molecule has 0 bridgehead atoms. The third-order valence-corrected chi connectivity index (χ3v) is 4.22. The van der Waals surface area contributed by atoms with Crippen LogP contribution in [-0.4, -0.2) is 27.2 Å². The fourth-order valence-electron chi connectivity index (χ4n) is 3.02. The van der Waals surface area contributed by atoms with E-state index in [1.54, 1.807) is 4.52 Å². The second kappa shape index (κ2) is 5.89. The molecule has 0 spiro atoms. The molecule has 2 heterocycles. The third kappa shape index (κ3) is 2.95. The summed E-state index contributed by atoms with van der Waals surface area (Å²) in [6, 6.07) is 2.22. The van der Waals surface area contributed by atoms with Crippen molar-refractivity contribution in [2.75, 3.05) is 17.6 Å². The van der Waals surface area contributed by atoms with Crippen LogP contribution in [-0.2, 0) is 0 Å². The lowest BCUT2D eigenvalue weighted by molar-refractivity contribution is 0.391. The molecule has 0 amide bonds. The zero-order valence-electron chi connectivity index (χ0n) is 12.5. The van der Waals surface area contributed by atoms with Crippen LogP contribution >= 0.6 is 0 Å². The van der Waals surface area contributed by atoms with Gasteiger partial charge in [0.2, 0.25) is 0 Å². The summed E-state index contributed by atoms with van der Waals surface area (Å²) >= 11 is 0. The number of rotatable bonds is 4. The number of nitrogen functional groups attached to an aromatic ring is 1. The van der Waals surface area contributed by atoms with Crippen molar-refractivity contribution in [1.29, 1.82) is 0 Å². The van der Waals surface area contributed by atoms with E-state index in [1.807, 2.05) is 12.3 Å². The van der Waals surface area contributed by atoms with Crippen LogP contribution in [0.5, 0.6) is 0 Å². The average Bonchev–Trinajstić information content (AvgIpc) is 2.89. The molecule has 0 radical (unpaired) electrons. The number of anilines is 2. The predicted molar refractivity (Wildman–Crippen MR) is 85.4 cm³/mol. The molecule has 1 saturated carbocycles. The smallest absolute Gasteiger partial charge is 0.177 e. The lowest BCUT2D eigenvalue weighted by Crippen LogP contribution is -2.25. The molecule has 2 aromatic heterocycles. The Morgan fingerprint density at radius 1 is 1.33 bits per heavy atom. The maximum absolute atomic E-state index is 5.98. The van der Waals surface area contributed by atoms with E-state index in [1.165, 1.54) is 0 Å². The summed E-state index contributed by atoms with van der Waals surface area (Å²) in [6.45, 7) is 3.04. The summed E-state index contributed by atoms with van der Waals surface area (Å²) in [4.78, 5) is 4.80. The summed E-state index contributed by atoms with van der Waals surface area (Å²) in [5, 5.41) is 7.72. The largest absolute Gasteiger partial charge is 0.382 e. The van der Waals surface area contributed by atoms with Crippen LogP contribution in [0, 0.1) is 0 Å². The van der Waals surface area contributed by atoms with Crippen molar-refractivity contribution in [3.63, 3.8) is 0 Å². The molecule has 6 heteroatoms. The van der Waals surface area contributed by atoms with Crippen LogP contribution in [0.1, 0.15) is 50.6 Å². The number of aromatic nitrogens is 3. The van der Waals surface area contributed by atoms with E-state index >= 15 is 0 Å². The molecule has 0 atom stereocenters. The van der Waals surface area contributed by atoms with Gasteiger partial charge in [0, 0.05) is 24.6 Å². The molecule has 2 aromatic rings. The fraction of sp³-hybridized carbons (Fsp3) is 0.600. The second-order valence-electron chi connectivity index (χ2n) is 5.96. The first-order chi connectivity index (χ1) is 10.2. The molecule has 0 unspecified atom stereocenters. The van der Waals surface area contributed by atoms with Crippen LogP contribution in [0.25, 0.3) is 5.65 Å². The minimum atomic E-state index is 0.355. The SMILES string of the molecule is CCCNc1cc(N)nn2cc(C3CCC(N)CC3)nc12. The van der Waals surface area contributed by atoms with Crippen LogP contribution in [0.4, 0.5) is 11.5 Å². The van der Waals surface area contributed by atoms with Gasteiger partial charge >= 0.3 is 0 Å². The Kier molecular flexibility index (Phi) is 3.96. The van der Waals surface area contributed by atoms with Crippen molar-refractivity contribution in [1.82, 2.24) is 14.6 Å². The van der Waals surface area contributed by atoms with Crippen LogP contribution in [0.2, 0.25) is 0 Å². The molecule has 0 saturated heterocycles. The van der Waals surface area contributed by atoms with Gasteiger partial charge in [-0.25, -0.2) is 9.50 Å². The highest BCUT2D eigenvalue weighted by Gasteiger charge is 2.23. The summed E-state index contributed by atoms with van der Waals surface area (Å²) in [6.07, 6.45) is 7.45. The van der Waals surface area contributed by atoms with Crippen molar-refractivity contribution in [2.24, 2.45) is 5.73 Å². The Balaban J connectivity index is 1.91. The first kappa shape index (κ1) is 14.1. The normalized spacial score (nSPS) is 22.6. The highest BCUT2D eigenvalue weighted by atomic mass is 15.3. The lowest BCUT2D eigenvalue weighted by Gasteiger charge is -2.24. The minimum Gasteiger partial charge on any atom is -0.382 e. The Bertz CT molecular complexity index is 612. The van der Waals surface area contributed by atoms with Gasteiger partial charge in [0.15, 0.2) is 5.65 Å². The summed E-state index contributed by atoms with van der Waals surface area (Å²) in [7, 11) is 0. The topological polar surface area (TPSA) is 94.3 Å². The molecule has 0 aliphatic heterocycles. The van der Waals surface area contributed by atoms with Gasteiger partial charge in [-0.15, -0.1) is 5.10 Å². The van der Waals surface area contributed by atoms with Crippen LogP contribution in [0.15, 0.2) is 12.3 Å². The van der Waals surface area contributed by atoms with E-state index in [0.29, 0.717) is 17.8 Å². The van der Waals surface area contributed by atoms with Crippen molar-refractivity contribution >= 4 is 17.2 Å². The highest BCUT2D eigenvalue weighted by Crippen LogP contribution is 2.32. The van der Waals surface area contributed by atoms with Gasteiger partial charge in [-0.3, -0.25) is 0 Å². The number of imidazole rings is 1. The molecule has 1 fully saturated rings. The zero-order valence-corrected chi connectivity index (χ0v) is 12.5. The Morgan fingerprint density at radius 3 is 2.81 bits per heavy atom. The van der Waals surface area contributed by atoms with E-state index < -0.39 is 0 Å². The number of nitrogens with zero attached hydrogens (tertiary/aromatic N) is 3. The number of fused-ring (bicyclic) bond motifs is 1. The Morgan fingerprint density at radius 2 is 2.10 bits per heavy atom. The van der Waals surface area contributed by atoms with E-state index in [2.05, 4.69) is 17.3 Å². The van der Waals surface area contributed by atoms with Crippen molar-refractivity contribution in [3.8, 4) is 0 Å². The molecule has 1 aliphatic rings. The summed E-state index contributed by atoms with van der Waals surface area (Å²) in [5.41, 5.74) is 14.8. The van der Waals surface area contributed by atoms with Crippen molar-refractivity contribution < 1.29 is 0 Å². The van der Waals surface area contributed by atoms with Gasteiger partial charge < -0.3 is 16.8 Å². The molecule has 6 nitrogen and oxygen atoms in total. The van der Waals surface area contributed by atoms with E-state index in [0.717, 1.165) is 55.7 Å². The first-order valence-corrected chi connectivity index (χ1v) is 7.82. The maximum Gasteiger partial charge on any atom is 0.177 e. The second-order valence-corrected chi connectivity index (χ2v) is 5.96. The number of nitrogens with one attached hydrogen (secondary N) is 1. The van der Waals surface area contributed by atoms with Gasteiger partial charge in [0.1, 0.15) is 5.82 Å². The van der Waals surface area contributed by atoms with Crippen molar-refractivity contribution in [3.05, 3.63) is 18.0 Å². The quantitative estimate of drug-likeness (QED) is 0.801. The van der Waals surface area contributed by atoms with E-state index in [-0.39, 0.29) is 0 Å². The number of nitrogens with two attached hydrogens (primary N) is 2. The Hall–Kier alpha value is -1.82. The van der Waals surface area contributed by atoms with Gasteiger partial charge in [0.05, 0.1) is 17.6 Å². The van der Waals surface area contributed by atoms with Gasteiger partial charge in [-0.05, 0) is 32.1 Å². The van der Waals surface area contributed by atoms with E-state index in [9.17, 15) is 0 Å². The summed E-state index contributed by atoms with van der Waals surface area (Å²) in [5.74, 6) is 1.00. The summed E-state index contributed by atoms with van der Waals surface area (Å²) < 4.78 is 1.80. The minimum absolute atomic E-state index is 0.355. The maximum atomic E-state index is 5.98. The first-order valence-electron chi connectivity index (χ1n) is 7.82. The highest BCUT2D eigenvalue weighted by molar-refractivity contribution is 5.70. The molecular formula is C15H24N6. The monoisotopic (exact) mass is 288 g/mol.